The number of fused-ring (bicyclic) bond motifs is 1. The van der Waals surface area contributed by atoms with Gasteiger partial charge in [-0.1, -0.05) is 56.0 Å². The highest BCUT2D eigenvalue weighted by atomic mass is 19.4. The van der Waals surface area contributed by atoms with Gasteiger partial charge in [0.05, 0.1) is 16.9 Å². The molecule has 4 rings (SSSR count). The van der Waals surface area contributed by atoms with Crippen LogP contribution in [0.3, 0.4) is 0 Å². The third-order valence-electron chi connectivity index (χ3n) is 5.45. The monoisotopic (exact) mass is 483 g/mol. The molecule has 0 radical (unpaired) electrons. The molecule has 0 atom stereocenters. The van der Waals surface area contributed by atoms with Crippen LogP contribution in [0, 0.1) is 11.6 Å². The predicted molar refractivity (Wildman–Crippen MR) is 130 cm³/mol. The summed E-state index contributed by atoms with van der Waals surface area (Å²) in [5.41, 5.74) is -0.425. The number of anilines is 2. The Morgan fingerprint density at radius 2 is 1.69 bits per heavy atom. The number of alkyl halides is 3. The van der Waals surface area contributed by atoms with Crippen molar-refractivity contribution in [2.75, 3.05) is 17.2 Å². The topological polar surface area (TPSA) is 37.0 Å². The molecule has 35 heavy (non-hydrogen) atoms. The van der Waals surface area contributed by atoms with Gasteiger partial charge in [-0.25, -0.2) is 13.8 Å². The predicted octanol–water partition coefficient (Wildman–Crippen LogP) is 8.10. The van der Waals surface area contributed by atoms with Gasteiger partial charge in [-0.15, -0.1) is 0 Å². The molecule has 0 aliphatic heterocycles. The smallest absolute Gasteiger partial charge is 0.382 e. The van der Waals surface area contributed by atoms with E-state index in [-0.39, 0.29) is 34.0 Å². The third kappa shape index (κ3) is 5.11. The molecular formula is C27H22F5N3. The molecule has 0 aliphatic carbocycles. The van der Waals surface area contributed by atoms with Crippen LogP contribution >= 0.6 is 0 Å². The lowest BCUT2D eigenvalue weighted by Crippen LogP contribution is -2.10. The summed E-state index contributed by atoms with van der Waals surface area (Å²) >= 11 is 0. The van der Waals surface area contributed by atoms with Gasteiger partial charge in [0, 0.05) is 34.8 Å². The Hall–Kier alpha value is -3.94. The molecule has 3 aromatic carbocycles. The quantitative estimate of drug-likeness (QED) is 0.261. The summed E-state index contributed by atoms with van der Waals surface area (Å²) in [6.45, 7) is 6.29. The zero-order valence-electron chi connectivity index (χ0n) is 18.8. The van der Waals surface area contributed by atoms with Crippen molar-refractivity contribution >= 4 is 28.0 Å². The summed E-state index contributed by atoms with van der Waals surface area (Å²) in [6, 6.07) is 15.7. The van der Waals surface area contributed by atoms with Crippen molar-refractivity contribution in [2.24, 2.45) is 0 Å². The number of benzene rings is 3. The summed E-state index contributed by atoms with van der Waals surface area (Å²) in [4.78, 5) is 4.47. The Morgan fingerprint density at radius 3 is 2.43 bits per heavy atom. The summed E-state index contributed by atoms with van der Waals surface area (Å²) in [5, 5.41) is 7.17. The minimum absolute atomic E-state index is 0.0774. The molecule has 2 N–H and O–H groups in total. The normalized spacial score (nSPS) is 11.5. The van der Waals surface area contributed by atoms with Crippen LogP contribution in [0.25, 0.3) is 27.7 Å². The van der Waals surface area contributed by atoms with E-state index in [9.17, 15) is 22.0 Å². The molecule has 0 unspecified atom stereocenters. The standard InChI is InChI=1S/C27H22F5N3/c1-3-12-33-25-21(14-18(28)15-23(25)29)16(2)34-26-19-9-5-4-8-17(19)13-24(35-26)20-10-6-7-11-22(20)27(30,31)32/h4-11,13-15,33H,2-3,12H2,1H3,(H,34,35). The number of nitrogens with one attached hydrogen (secondary N) is 2. The number of hydrogen-bond donors (Lipinski definition) is 2. The van der Waals surface area contributed by atoms with Gasteiger partial charge in [0.25, 0.3) is 0 Å². The molecule has 8 heteroatoms. The fourth-order valence-corrected chi connectivity index (χ4v) is 3.84. The van der Waals surface area contributed by atoms with Gasteiger partial charge >= 0.3 is 6.18 Å². The Morgan fingerprint density at radius 1 is 0.971 bits per heavy atom. The second-order valence-electron chi connectivity index (χ2n) is 7.96. The first-order valence-corrected chi connectivity index (χ1v) is 10.9. The van der Waals surface area contributed by atoms with Crippen LogP contribution in [-0.4, -0.2) is 11.5 Å². The minimum Gasteiger partial charge on any atom is -0.382 e. The molecule has 0 fully saturated rings. The number of rotatable bonds is 7. The van der Waals surface area contributed by atoms with Crippen molar-refractivity contribution in [3.63, 3.8) is 0 Å². The molecular weight excluding hydrogens is 461 g/mol. The van der Waals surface area contributed by atoms with Gasteiger partial charge < -0.3 is 10.6 Å². The number of nitrogens with zero attached hydrogens (tertiary/aromatic N) is 1. The molecule has 0 saturated carbocycles. The van der Waals surface area contributed by atoms with E-state index in [1.165, 1.54) is 18.2 Å². The van der Waals surface area contributed by atoms with Crippen molar-refractivity contribution in [1.29, 1.82) is 0 Å². The SMILES string of the molecule is C=C(Nc1nc(-c2ccccc2C(F)(F)F)cc2ccccc12)c1cc(F)cc(F)c1NCCC. The average molecular weight is 483 g/mol. The molecule has 1 heterocycles. The van der Waals surface area contributed by atoms with E-state index in [0.29, 0.717) is 23.7 Å². The van der Waals surface area contributed by atoms with Gasteiger partial charge in [-0.3, -0.25) is 0 Å². The van der Waals surface area contributed by atoms with Crippen molar-refractivity contribution in [2.45, 2.75) is 19.5 Å². The lowest BCUT2D eigenvalue weighted by atomic mass is 10.0. The molecule has 3 nitrogen and oxygen atoms in total. The fraction of sp³-hybridized carbons (Fsp3) is 0.148. The highest BCUT2D eigenvalue weighted by Crippen LogP contribution is 2.38. The Balaban J connectivity index is 1.83. The van der Waals surface area contributed by atoms with Crippen molar-refractivity contribution in [3.05, 3.63) is 96.1 Å². The largest absolute Gasteiger partial charge is 0.417 e. The number of halogens is 5. The van der Waals surface area contributed by atoms with Crippen LogP contribution in [0.4, 0.5) is 33.5 Å². The molecule has 0 bridgehead atoms. The Labute approximate surface area is 199 Å². The maximum Gasteiger partial charge on any atom is 0.417 e. The zero-order chi connectivity index (χ0) is 25.2. The second kappa shape index (κ2) is 9.74. The highest BCUT2D eigenvalue weighted by molar-refractivity contribution is 5.98. The molecule has 1 aromatic heterocycles. The van der Waals surface area contributed by atoms with E-state index in [0.717, 1.165) is 18.2 Å². The molecule has 0 aliphatic rings. The van der Waals surface area contributed by atoms with Gasteiger partial charge in [0.1, 0.15) is 17.5 Å². The zero-order valence-corrected chi connectivity index (χ0v) is 18.8. The summed E-state index contributed by atoms with van der Waals surface area (Å²) in [6.07, 6.45) is -3.86. The number of aromatic nitrogens is 1. The van der Waals surface area contributed by atoms with Gasteiger partial charge in [0.2, 0.25) is 0 Å². The third-order valence-corrected chi connectivity index (χ3v) is 5.45. The first-order chi connectivity index (χ1) is 16.7. The van der Waals surface area contributed by atoms with Crippen molar-refractivity contribution in [1.82, 2.24) is 4.98 Å². The fourth-order valence-electron chi connectivity index (χ4n) is 3.84. The second-order valence-corrected chi connectivity index (χ2v) is 7.96. The van der Waals surface area contributed by atoms with E-state index in [4.69, 9.17) is 0 Å². The lowest BCUT2D eigenvalue weighted by Gasteiger charge is -2.18. The molecule has 0 spiro atoms. The maximum absolute atomic E-state index is 14.5. The van der Waals surface area contributed by atoms with Gasteiger partial charge in [-0.2, -0.15) is 13.2 Å². The summed E-state index contributed by atoms with van der Waals surface area (Å²) in [5.74, 6) is -1.35. The van der Waals surface area contributed by atoms with E-state index >= 15 is 0 Å². The van der Waals surface area contributed by atoms with Crippen LogP contribution in [0.15, 0.2) is 73.3 Å². The summed E-state index contributed by atoms with van der Waals surface area (Å²) in [7, 11) is 0. The molecule has 4 aromatic rings. The van der Waals surface area contributed by atoms with Crippen LogP contribution in [0.2, 0.25) is 0 Å². The number of hydrogen-bond acceptors (Lipinski definition) is 3. The van der Waals surface area contributed by atoms with Crippen LogP contribution < -0.4 is 10.6 Å². The Kier molecular flexibility index (Phi) is 6.73. The van der Waals surface area contributed by atoms with Gasteiger partial charge in [0.15, 0.2) is 0 Å². The van der Waals surface area contributed by atoms with E-state index < -0.39 is 23.4 Å². The van der Waals surface area contributed by atoms with Crippen molar-refractivity contribution < 1.29 is 22.0 Å². The van der Waals surface area contributed by atoms with Crippen LogP contribution in [-0.2, 0) is 6.18 Å². The summed E-state index contributed by atoms with van der Waals surface area (Å²) < 4.78 is 69.6. The molecule has 0 saturated heterocycles. The van der Waals surface area contributed by atoms with E-state index in [2.05, 4.69) is 22.2 Å². The van der Waals surface area contributed by atoms with Crippen LogP contribution in [0.1, 0.15) is 24.5 Å². The minimum atomic E-state index is -4.57. The van der Waals surface area contributed by atoms with E-state index in [1.54, 1.807) is 30.3 Å². The Bertz CT molecular complexity index is 1400. The average Bonchev–Trinajstić information content (AvgIpc) is 2.82. The highest BCUT2D eigenvalue weighted by Gasteiger charge is 2.33. The molecule has 180 valence electrons. The van der Waals surface area contributed by atoms with Crippen molar-refractivity contribution in [3.8, 4) is 11.3 Å². The van der Waals surface area contributed by atoms with E-state index in [1.807, 2.05) is 6.92 Å². The van der Waals surface area contributed by atoms with Gasteiger partial charge in [-0.05, 0) is 30.0 Å². The maximum atomic E-state index is 14.5. The van der Waals surface area contributed by atoms with Crippen LogP contribution in [0.5, 0.6) is 0 Å². The number of pyridine rings is 1. The first kappa shape index (κ1) is 24.2. The molecule has 0 amide bonds. The first-order valence-electron chi connectivity index (χ1n) is 10.9. The lowest BCUT2D eigenvalue weighted by molar-refractivity contribution is -0.137.